The van der Waals surface area contributed by atoms with Crippen LogP contribution in [0.1, 0.15) is 43.2 Å². The third-order valence-corrected chi connectivity index (χ3v) is 4.76. The Bertz CT molecular complexity index is 446. The van der Waals surface area contributed by atoms with Crippen LogP contribution in [0.25, 0.3) is 0 Å². The van der Waals surface area contributed by atoms with Crippen LogP contribution in [0.15, 0.2) is 18.2 Å². The van der Waals surface area contributed by atoms with E-state index >= 15 is 0 Å². The lowest BCUT2D eigenvalue weighted by Gasteiger charge is -2.31. The van der Waals surface area contributed by atoms with Crippen molar-refractivity contribution in [1.29, 1.82) is 0 Å². The van der Waals surface area contributed by atoms with Crippen molar-refractivity contribution in [2.75, 3.05) is 6.54 Å². The van der Waals surface area contributed by atoms with Crippen molar-refractivity contribution in [3.8, 4) is 0 Å². The van der Waals surface area contributed by atoms with Gasteiger partial charge in [0.25, 0.3) is 0 Å². The van der Waals surface area contributed by atoms with E-state index in [1.54, 1.807) is 6.07 Å². The molecule has 1 aliphatic heterocycles. The Morgan fingerprint density at radius 1 is 1.11 bits per heavy atom. The summed E-state index contributed by atoms with van der Waals surface area (Å²) < 4.78 is 13.5. The van der Waals surface area contributed by atoms with Gasteiger partial charge in [-0.1, -0.05) is 18.9 Å². The molecule has 1 aromatic rings. The van der Waals surface area contributed by atoms with E-state index < -0.39 is 0 Å². The second-order valence-corrected chi connectivity index (χ2v) is 6.04. The molecule has 2 unspecified atom stereocenters. The third kappa shape index (κ3) is 2.82. The highest BCUT2D eigenvalue weighted by Crippen LogP contribution is 2.36. The summed E-state index contributed by atoms with van der Waals surface area (Å²) in [7, 11) is 0. The standard InChI is InChI=1S/C16H23FN2/c17-15-8-12(10-18)7-13(9-15)11-19-6-5-14-3-1-2-4-16(14)19/h7-9,14,16H,1-6,10-11,18H2. The summed E-state index contributed by atoms with van der Waals surface area (Å²) in [5, 5.41) is 0. The van der Waals surface area contributed by atoms with Crippen molar-refractivity contribution in [1.82, 2.24) is 4.90 Å². The number of hydrogen-bond donors (Lipinski definition) is 1. The zero-order valence-corrected chi connectivity index (χ0v) is 11.4. The van der Waals surface area contributed by atoms with E-state index in [0.717, 1.165) is 29.6 Å². The topological polar surface area (TPSA) is 29.3 Å². The fourth-order valence-corrected chi connectivity index (χ4v) is 3.86. The van der Waals surface area contributed by atoms with E-state index in [4.69, 9.17) is 5.73 Å². The Balaban J connectivity index is 1.72. The average Bonchev–Trinajstić information content (AvgIpc) is 2.82. The molecule has 0 aromatic heterocycles. The van der Waals surface area contributed by atoms with Gasteiger partial charge in [0, 0.05) is 19.1 Å². The summed E-state index contributed by atoms with van der Waals surface area (Å²) in [5.74, 6) is 0.730. The summed E-state index contributed by atoms with van der Waals surface area (Å²) in [6.45, 7) is 2.46. The lowest BCUT2D eigenvalue weighted by Crippen LogP contribution is -2.34. The SMILES string of the molecule is NCc1cc(F)cc(CN2CCC3CCCCC32)c1. The molecule has 104 valence electrons. The predicted octanol–water partition coefficient (Wildman–Crippen LogP) is 3.05. The number of fused-ring (bicyclic) bond motifs is 1. The van der Waals surface area contributed by atoms with Crippen LogP contribution in [0.4, 0.5) is 4.39 Å². The summed E-state index contributed by atoms with van der Waals surface area (Å²) in [6, 6.07) is 5.99. The Hall–Kier alpha value is -0.930. The third-order valence-electron chi connectivity index (χ3n) is 4.76. The second kappa shape index (κ2) is 5.59. The van der Waals surface area contributed by atoms with Gasteiger partial charge in [0.15, 0.2) is 0 Å². The molecule has 1 aliphatic carbocycles. The highest BCUT2D eigenvalue weighted by atomic mass is 19.1. The van der Waals surface area contributed by atoms with Crippen molar-refractivity contribution in [2.45, 2.75) is 51.2 Å². The van der Waals surface area contributed by atoms with Gasteiger partial charge in [-0.05, 0) is 55.0 Å². The van der Waals surface area contributed by atoms with Crippen LogP contribution in [0.5, 0.6) is 0 Å². The van der Waals surface area contributed by atoms with Crippen LogP contribution in [-0.2, 0) is 13.1 Å². The van der Waals surface area contributed by atoms with E-state index in [2.05, 4.69) is 11.0 Å². The van der Waals surface area contributed by atoms with Crippen molar-refractivity contribution >= 4 is 0 Å². The first-order valence-corrected chi connectivity index (χ1v) is 7.49. The number of rotatable bonds is 3. The van der Waals surface area contributed by atoms with Crippen molar-refractivity contribution < 1.29 is 4.39 Å². The molecule has 3 heteroatoms. The summed E-state index contributed by atoms with van der Waals surface area (Å²) >= 11 is 0. The fourth-order valence-electron chi connectivity index (χ4n) is 3.86. The molecule has 2 N–H and O–H groups in total. The highest BCUT2D eigenvalue weighted by Gasteiger charge is 2.35. The van der Waals surface area contributed by atoms with Crippen LogP contribution in [0.2, 0.25) is 0 Å². The number of likely N-dealkylation sites (tertiary alicyclic amines) is 1. The molecule has 3 rings (SSSR count). The maximum Gasteiger partial charge on any atom is 0.123 e. The number of halogens is 1. The van der Waals surface area contributed by atoms with Crippen LogP contribution in [0, 0.1) is 11.7 Å². The van der Waals surface area contributed by atoms with Gasteiger partial charge in [-0.3, -0.25) is 4.90 Å². The second-order valence-electron chi connectivity index (χ2n) is 6.04. The molecular weight excluding hydrogens is 239 g/mol. The maximum atomic E-state index is 13.5. The lowest BCUT2D eigenvalue weighted by molar-refractivity contribution is 0.176. The molecule has 19 heavy (non-hydrogen) atoms. The van der Waals surface area contributed by atoms with E-state index in [9.17, 15) is 4.39 Å². The Morgan fingerprint density at radius 3 is 2.74 bits per heavy atom. The zero-order chi connectivity index (χ0) is 13.2. The monoisotopic (exact) mass is 262 g/mol. The molecule has 2 nitrogen and oxygen atoms in total. The minimum atomic E-state index is -0.155. The molecule has 2 fully saturated rings. The van der Waals surface area contributed by atoms with Gasteiger partial charge < -0.3 is 5.73 Å². The Labute approximate surface area is 114 Å². The number of hydrogen-bond acceptors (Lipinski definition) is 2. The molecule has 1 saturated heterocycles. The van der Waals surface area contributed by atoms with Crippen molar-refractivity contribution in [3.05, 3.63) is 35.1 Å². The summed E-state index contributed by atoms with van der Waals surface area (Å²) in [6.07, 6.45) is 6.78. The van der Waals surface area contributed by atoms with E-state index in [1.807, 2.05) is 0 Å². The summed E-state index contributed by atoms with van der Waals surface area (Å²) in [4.78, 5) is 2.55. The van der Waals surface area contributed by atoms with Gasteiger partial charge in [0.2, 0.25) is 0 Å². The van der Waals surface area contributed by atoms with Crippen LogP contribution in [-0.4, -0.2) is 17.5 Å². The highest BCUT2D eigenvalue weighted by molar-refractivity contribution is 5.24. The molecule has 0 amide bonds. The van der Waals surface area contributed by atoms with Crippen LogP contribution >= 0.6 is 0 Å². The first kappa shape index (κ1) is 13.1. The molecule has 1 aromatic carbocycles. The van der Waals surface area contributed by atoms with Crippen LogP contribution in [0.3, 0.4) is 0 Å². The first-order chi connectivity index (χ1) is 9.26. The number of nitrogens with zero attached hydrogens (tertiary/aromatic N) is 1. The molecule has 2 aliphatic rings. The zero-order valence-electron chi connectivity index (χ0n) is 11.4. The van der Waals surface area contributed by atoms with Crippen LogP contribution < -0.4 is 5.73 Å². The molecule has 1 saturated carbocycles. The minimum Gasteiger partial charge on any atom is -0.326 e. The van der Waals surface area contributed by atoms with Gasteiger partial charge in [-0.15, -0.1) is 0 Å². The molecule has 0 radical (unpaired) electrons. The number of nitrogens with two attached hydrogens (primary N) is 1. The van der Waals surface area contributed by atoms with Crippen molar-refractivity contribution in [3.63, 3.8) is 0 Å². The predicted molar refractivity (Wildman–Crippen MR) is 75.1 cm³/mol. The van der Waals surface area contributed by atoms with Gasteiger partial charge in [-0.25, -0.2) is 4.39 Å². The molecule has 0 bridgehead atoms. The van der Waals surface area contributed by atoms with E-state index in [-0.39, 0.29) is 5.82 Å². The Morgan fingerprint density at radius 2 is 1.89 bits per heavy atom. The van der Waals surface area contributed by atoms with Gasteiger partial charge in [-0.2, -0.15) is 0 Å². The molecule has 0 spiro atoms. The lowest BCUT2D eigenvalue weighted by atomic mass is 9.85. The molecular formula is C16H23FN2. The quantitative estimate of drug-likeness (QED) is 0.907. The van der Waals surface area contributed by atoms with Gasteiger partial charge >= 0.3 is 0 Å². The van der Waals surface area contributed by atoms with Crippen molar-refractivity contribution in [2.24, 2.45) is 11.7 Å². The van der Waals surface area contributed by atoms with E-state index in [0.29, 0.717) is 6.54 Å². The fraction of sp³-hybridized carbons (Fsp3) is 0.625. The van der Waals surface area contributed by atoms with Gasteiger partial charge in [0.05, 0.1) is 0 Å². The molecule has 1 heterocycles. The number of benzene rings is 1. The smallest absolute Gasteiger partial charge is 0.123 e. The Kier molecular flexibility index (Phi) is 3.85. The normalized spacial score (nSPS) is 27.5. The average molecular weight is 262 g/mol. The molecule has 2 atom stereocenters. The first-order valence-electron chi connectivity index (χ1n) is 7.49. The largest absolute Gasteiger partial charge is 0.326 e. The minimum absolute atomic E-state index is 0.155. The van der Waals surface area contributed by atoms with Gasteiger partial charge in [0.1, 0.15) is 5.82 Å². The van der Waals surface area contributed by atoms with E-state index in [1.165, 1.54) is 44.7 Å². The summed E-state index contributed by atoms with van der Waals surface area (Å²) in [5.41, 5.74) is 7.59. The maximum absolute atomic E-state index is 13.5.